The first-order chi connectivity index (χ1) is 9.97. The molecule has 1 aromatic carbocycles. The van der Waals surface area contributed by atoms with Crippen molar-refractivity contribution >= 4 is 0 Å². The number of benzene rings is 1. The van der Waals surface area contributed by atoms with E-state index in [1.807, 2.05) is 31.2 Å². The third kappa shape index (κ3) is 8.74. The van der Waals surface area contributed by atoms with Crippen LogP contribution in [0.25, 0.3) is 0 Å². The number of aliphatic hydroxyl groups excluding tert-OH is 1. The third-order valence-corrected chi connectivity index (χ3v) is 3.55. The van der Waals surface area contributed by atoms with Gasteiger partial charge in [0.1, 0.15) is 18.5 Å². The molecule has 0 amide bonds. The molecule has 0 saturated heterocycles. The summed E-state index contributed by atoms with van der Waals surface area (Å²) >= 11 is 0. The van der Waals surface area contributed by atoms with Gasteiger partial charge in [-0.25, -0.2) is 0 Å². The Morgan fingerprint density at radius 1 is 1.19 bits per heavy atom. The molecule has 0 spiro atoms. The summed E-state index contributed by atoms with van der Waals surface area (Å²) in [5.74, 6) is 1.59. The van der Waals surface area contributed by atoms with Gasteiger partial charge in [-0.05, 0) is 43.9 Å². The molecule has 1 aromatic rings. The topological polar surface area (TPSA) is 41.5 Å². The molecule has 2 N–H and O–H groups in total. The van der Waals surface area contributed by atoms with E-state index in [0.29, 0.717) is 19.2 Å². The Labute approximate surface area is 129 Å². The lowest BCUT2D eigenvalue weighted by molar-refractivity contribution is 0.103. The van der Waals surface area contributed by atoms with Crippen LogP contribution in [-0.2, 0) is 0 Å². The lowest BCUT2D eigenvalue weighted by atomic mass is 10.0. The first-order valence-corrected chi connectivity index (χ1v) is 8.08. The first-order valence-electron chi connectivity index (χ1n) is 8.08. The molecule has 1 rings (SSSR count). The van der Waals surface area contributed by atoms with E-state index < -0.39 is 6.10 Å². The molecule has 0 aliphatic rings. The molecule has 2 atom stereocenters. The van der Waals surface area contributed by atoms with Gasteiger partial charge in [0, 0.05) is 12.6 Å². The summed E-state index contributed by atoms with van der Waals surface area (Å²) in [6, 6.07) is 8.34. The third-order valence-electron chi connectivity index (χ3n) is 3.55. The zero-order chi connectivity index (χ0) is 15.7. The number of hydrogen-bond acceptors (Lipinski definition) is 3. The van der Waals surface area contributed by atoms with E-state index in [1.165, 1.54) is 18.4 Å². The van der Waals surface area contributed by atoms with Crippen LogP contribution in [0, 0.1) is 12.8 Å². The molecule has 0 aliphatic heterocycles. The monoisotopic (exact) mass is 293 g/mol. The summed E-state index contributed by atoms with van der Waals surface area (Å²) < 4.78 is 5.60. The molecule has 0 heterocycles. The van der Waals surface area contributed by atoms with E-state index in [0.717, 1.165) is 18.1 Å². The summed E-state index contributed by atoms with van der Waals surface area (Å²) in [6.07, 6.45) is 3.19. The smallest absolute Gasteiger partial charge is 0.119 e. The Morgan fingerprint density at radius 3 is 2.62 bits per heavy atom. The highest BCUT2D eigenvalue weighted by atomic mass is 16.5. The van der Waals surface area contributed by atoms with Crippen molar-refractivity contribution < 1.29 is 9.84 Å². The lowest BCUT2D eigenvalue weighted by Gasteiger charge is -2.18. The maximum Gasteiger partial charge on any atom is 0.119 e. The van der Waals surface area contributed by atoms with Crippen LogP contribution in [0.2, 0.25) is 0 Å². The second-order valence-electron chi connectivity index (χ2n) is 6.42. The number of aliphatic hydroxyl groups is 1. The van der Waals surface area contributed by atoms with E-state index in [-0.39, 0.29) is 0 Å². The highest BCUT2D eigenvalue weighted by molar-refractivity contribution is 5.27. The Morgan fingerprint density at radius 2 is 1.95 bits per heavy atom. The molecule has 120 valence electrons. The fraction of sp³-hybridized carbons (Fsp3) is 0.667. The molecule has 0 aliphatic carbocycles. The lowest BCUT2D eigenvalue weighted by Crippen LogP contribution is -2.36. The second-order valence-corrected chi connectivity index (χ2v) is 6.42. The van der Waals surface area contributed by atoms with E-state index in [9.17, 15) is 5.11 Å². The molecular formula is C18H31NO2. The quantitative estimate of drug-likeness (QED) is 0.693. The standard InChI is InChI=1S/C18H31NO2/c1-14(2)7-5-9-16(4)19-12-17(20)13-21-18-10-6-8-15(3)11-18/h6,8,10-11,14,16-17,19-20H,5,7,9,12-13H2,1-4H3. The normalized spacial score (nSPS) is 14.2. The highest BCUT2D eigenvalue weighted by Gasteiger charge is 2.08. The molecule has 3 nitrogen and oxygen atoms in total. The molecule has 0 aromatic heterocycles. The van der Waals surface area contributed by atoms with Gasteiger partial charge in [0.05, 0.1) is 0 Å². The van der Waals surface area contributed by atoms with Crippen LogP contribution in [0.15, 0.2) is 24.3 Å². The van der Waals surface area contributed by atoms with Crippen molar-refractivity contribution in [3.8, 4) is 5.75 Å². The fourth-order valence-corrected chi connectivity index (χ4v) is 2.23. The first kappa shape index (κ1) is 18.0. The van der Waals surface area contributed by atoms with Gasteiger partial charge in [-0.3, -0.25) is 0 Å². The van der Waals surface area contributed by atoms with Crippen LogP contribution in [0.5, 0.6) is 5.75 Å². The summed E-state index contributed by atoms with van der Waals surface area (Å²) in [5.41, 5.74) is 1.17. The Kier molecular flexibility index (Phi) is 8.40. The average molecular weight is 293 g/mol. The number of ether oxygens (including phenoxy) is 1. The number of nitrogens with one attached hydrogen (secondary N) is 1. The Bertz CT molecular complexity index is 393. The van der Waals surface area contributed by atoms with E-state index in [4.69, 9.17) is 4.74 Å². The molecule has 0 fully saturated rings. The largest absolute Gasteiger partial charge is 0.491 e. The molecule has 0 saturated carbocycles. The summed E-state index contributed by atoms with van der Waals surface area (Å²) in [4.78, 5) is 0. The molecule has 0 radical (unpaired) electrons. The van der Waals surface area contributed by atoms with Crippen molar-refractivity contribution in [1.82, 2.24) is 5.32 Å². The summed E-state index contributed by atoms with van der Waals surface area (Å²) in [6.45, 7) is 9.62. The van der Waals surface area contributed by atoms with Crippen molar-refractivity contribution in [3.63, 3.8) is 0 Å². The number of rotatable bonds is 10. The van der Waals surface area contributed by atoms with Gasteiger partial charge in [-0.2, -0.15) is 0 Å². The van der Waals surface area contributed by atoms with Gasteiger partial charge in [0.15, 0.2) is 0 Å². The van der Waals surface area contributed by atoms with Crippen molar-refractivity contribution in [2.75, 3.05) is 13.2 Å². The zero-order valence-corrected chi connectivity index (χ0v) is 13.9. The average Bonchev–Trinajstić information content (AvgIpc) is 2.42. The predicted molar refractivity (Wildman–Crippen MR) is 88.8 cm³/mol. The van der Waals surface area contributed by atoms with Crippen LogP contribution in [-0.4, -0.2) is 30.4 Å². The van der Waals surface area contributed by atoms with Crippen LogP contribution in [0.1, 0.15) is 45.6 Å². The van der Waals surface area contributed by atoms with Crippen molar-refractivity contribution in [2.45, 2.75) is 59.1 Å². The van der Waals surface area contributed by atoms with Crippen LogP contribution >= 0.6 is 0 Å². The highest BCUT2D eigenvalue weighted by Crippen LogP contribution is 2.12. The molecule has 3 heteroatoms. The predicted octanol–water partition coefficient (Wildman–Crippen LogP) is 3.54. The number of hydrogen-bond donors (Lipinski definition) is 2. The fourth-order valence-electron chi connectivity index (χ4n) is 2.23. The van der Waals surface area contributed by atoms with Crippen LogP contribution < -0.4 is 10.1 Å². The SMILES string of the molecule is Cc1cccc(OCC(O)CNC(C)CCCC(C)C)c1. The molecule has 0 bridgehead atoms. The summed E-state index contributed by atoms with van der Waals surface area (Å²) in [7, 11) is 0. The van der Waals surface area contributed by atoms with Gasteiger partial charge in [-0.1, -0.05) is 38.8 Å². The van der Waals surface area contributed by atoms with Gasteiger partial charge in [0.2, 0.25) is 0 Å². The van der Waals surface area contributed by atoms with Gasteiger partial charge in [0.25, 0.3) is 0 Å². The number of aryl methyl sites for hydroxylation is 1. The maximum atomic E-state index is 9.95. The Hall–Kier alpha value is -1.06. The van der Waals surface area contributed by atoms with E-state index >= 15 is 0 Å². The maximum absolute atomic E-state index is 9.95. The van der Waals surface area contributed by atoms with Crippen LogP contribution in [0.3, 0.4) is 0 Å². The van der Waals surface area contributed by atoms with Crippen LogP contribution in [0.4, 0.5) is 0 Å². The van der Waals surface area contributed by atoms with Crippen molar-refractivity contribution in [2.24, 2.45) is 5.92 Å². The van der Waals surface area contributed by atoms with Gasteiger partial charge < -0.3 is 15.2 Å². The van der Waals surface area contributed by atoms with E-state index in [2.05, 4.69) is 26.1 Å². The van der Waals surface area contributed by atoms with Gasteiger partial charge in [-0.15, -0.1) is 0 Å². The van der Waals surface area contributed by atoms with Crippen molar-refractivity contribution in [3.05, 3.63) is 29.8 Å². The second kappa shape index (κ2) is 9.80. The molecule has 21 heavy (non-hydrogen) atoms. The minimum Gasteiger partial charge on any atom is -0.491 e. The molecule has 2 unspecified atom stereocenters. The minimum absolute atomic E-state index is 0.329. The summed E-state index contributed by atoms with van der Waals surface area (Å²) in [5, 5.41) is 13.3. The van der Waals surface area contributed by atoms with Crippen molar-refractivity contribution in [1.29, 1.82) is 0 Å². The zero-order valence-electron chi connectivity index (χ0n) is 13.9. The molecular weight excluding hydrogens is 262 g/mol. The minimum atomic E-state index is -0.474. The van der Waals surface area contributed by atoms with E-state index in [1.54, 1.807) is 0 Å². The van der Waals surface area contributed by atoms with Gasteiger partial charge >= 0.3 is 0 Å². The Balaban J connectivity index is 2.14.